The molecule has 1 aliphatic heterocycles. The Morgan fingerprint density at radius 3 is 1.66 bits per heavy atom. The highest BCUT2D eigenvalue weighted by Crippen LogP contribution is 2.35. The summed E-state index contributed by atoms with van der Waals surface area (Å²) in [6.45, 7) is 9.14. The van der Waals surface area contributed by atoms with E-state index < -0.39 is 30.4 Å². The molecule has 1 saturated heterocycles. The molecule has 1 aliphatic carbocycles. The zero-order valence-electron chi connectivity index (χ0n) is 27.0. The smallest absolute Gasteiger partial charge is 0.330 e. The summed E-state index contributed by atoms with van der Waals surface area (Å²) in [5.74, 6) is 0.139. The molecule has 0 spiro atoms. The van der Waals surface area contributed by atoms with Gasteiger partial charge in [-0.3, -0.25) is 9.78 Å². The number of unbranched alkanes of at least 4 members (excludes halogenated alkanes) is 1. The standard InChI is InChI=1S/C36H50O8/c1-6-9-26-12-14-27(15-13-26)10-7-8-11-28-16-18-29(19-17-28)30-20-22-31(23-21-30)36-39-32(34(37)43-41-24(2)3)33(40-36)35(38)44-42-25(4)5/h16-27,32-33,36H,6-15H2,1-5H3/t26-,27-,32-,33-/m1/s1. The maximum Gasteiger partial charge on any atom is 0.374 e. The van der Waals surface area contributed by atoms with Gasteiger partial charge in [0, 0.05) is 5.56 Å². The summed E-state index contributed by atoms with van der Waals surface area (Å²) in [4.78, 5) is 44.8. The molecule has 0 bridgehead atoms. The minimum Gasteiger partial charge on any atom is -0.330 e. The minimum atomic E-state index is -1.38. The first-order valence-corrected chi connectivity index (χ1v) is 16.5. The summed E-state index contributed by atoms with van der Waals surface area (Å²) in [6.07, 6.45) is 9.04. The summed E-state index contributed by atoms with van der Waals surface area (Å²) in [7, 11) is 0. The summed E-state index contributed by atoms with van der Waals surface area (Å²) in [5, 5.41) is 0. The van der Waals surface area contributed by atoms with Gasteiger partial charge in [-0.25, -0.2) is 9.59 Å². The lowest BCUT2D eigenvalue weighted by molar-refractivity contribution is -0.303. The summed E-state index contributed by atoms with van der Waals surface area (Å²) < 4.78 is 11.6. The first-order valence-electron chi connectivity index (χ1n) is 16.5. The van der Waals surface area contributed by atoms with Gasteiger partial charge in [0.25, 0.3) is 0 Å². The number of hydrogen-bond donors (Lipinski definition) is 0. The van der Waals surface area contributed by atoms with Crippen LogP contribution >= 0.6 is 0 Å². The van der Waals surface area contributed by atoms with Gasteiger partial charge in [0.1, 0.15) is 0 Å². The molecule has 0 N–H and O–H groups in total. The van der Waals surface area contributed by atoms with Crippen LogP contribution in [0.3, 0.4) is 0 Å². The first kappa shape index (κ1) is 34.1. The van der Waals surface area contributed by atoms with Gasteiger partial charge in [-0.15, -0.1) is 0 Å². The Morgan fingerprint density at radius 2 is 1.18 bits per heavy atom. The fourth-order valence-corrected chi connectivity index (χ4v) is 6.01. The van der Waals surface area contributed by atoms with E-state index in [1.807, 2.05) is 24.3 Å². The molecule has 0 aromatic heterocycles. The van der Waals surface area contributed by atoms with Crippen LogP contribution in [-0.4, -0.2) is 36.4 Å². The third-order valence-corrected chi connectivity index (χ3v) is 8.39. The van der Waals surface area contributed by atoms with Crippen LogP contribution in [0.1, 0.15) is 110 Å². The van der Waals surface area contributed by atoms with Crippen molar-refractivity contribution in [3.63, 3.8) is 0 Å². The second-order valence-electron chi connectivity index (χ2n) is 12.8. The summed E-state index contributed by atoms with van der Waals surface area (Å²) in [5.41, 5.74) is 4.16. The van der Waals surface area contributed by atoms with E-state index in [1.165, 1.54) is 63.4 Å². The highest BCUT2D eigenvalue weighted by atomic mass is 17.2. The molecule has 0 radical (unpaired) electrons. The Bertz CT molecular complexity index is 1120. The SMILES string of the molecule is CCC[C@H]1CC[C@H](CCCCc2ccc(-c3ccc(C4O[C@@H](C(=O)OOC(C)C)[C@H](C(=O)OOC(C)C)O4)cc3)cc2)CC1. The summed E-state index contributed by atoms with van der Waals surface area (Å²) >= 11 is 0. The van der Waals surface area contributed by atoms with Crippen LogP contribution in [0.2, 0.25) is 0 Å². The van der Waals surface area contributed by atoms with Gasteiger partial charge in [-0.2, -0.15) is 9.78 Å². The molecule has 0 unspecified atom stereocenters. The second kappa shape index (κ2) is 17.1. The number of carbonyl (C=O) groups excluding carboxylic acids is 2. The van der Waals surface area contributed by atoms with E-state index in [0.717, 1.165) is 29.4 Å². The zero-order valence-corrected chi connectivity index (χ0v) is 27.0. The molecule has 2 atom stereocenters. The van der Waals surface area contributed by atoms with Crippen LogP contribution in [0.25, 0.3) is 11.1 Å². The van der Waals surface area contributed by atoms with Crippen LogP contribution < -0.4 is 0 Å². The molecular weight excluding hydrogens is 560 g/mol. The molecule has 1 saturated carbocycles. The van der Waals surface area contributed by atoms with Gasteiger partial charge in [-0.1, -0.05) is 107 Å². The van der Waals surface area contributed by atoms with Crippen molar-refractivity contribution in [2.45, 2.75) is 130 Å². The number of aryl methyl sites for hydroxylation is 1. The number of benzene rings is 2. The van der Waals surface area contributed by atoms with Crippen LogP contribution in [0.5, 0.6) is 0 Å². The second-order valence-corrected chi connectivity index (χ2v) is 12.8. The lowest BCUT2D eigenvalue weighted by Crippen LogP contribution is -2.40. The molecule has 8 heteroatoms. The van der Waals surface area contributed by atoms with Crippen LogP contribution in [0, 0.1) is 11.8 Å². The van der Waals surface area contributed by atoms with Crippen molar-refractivity contribution in [1.82, 2.24) is 0 Å². The Morgan fingerprint density at radius 1 is 0.705 bits per heavy atom. The normalized spacial score (nSPS) is 22.4. The fraction of sp³-hybridized carbons (Fsp3) is 0.611. The molecule has 44 heavy (non-hydrogen) atoms. The monoisotopic (exact) mass is 610 g/mol. The molecule has 2 aliphatic rings. The molecule has 2 aromatic carbocycles. The topological polar surface area (TPSA) is 89.5 Å². The summed E-state index contributed by atoms with van der Waals surface area (Å²) in [6, 6.07) is 16.4. The molecule has 2 aromatic rings. The third kappa shape index (κ3) is 10.1. The van der Waals surface area contributed by atoms with Crippen LogP contribution in [-0.2, 0) is 45.0 Å². The minimum absolute atomic E-state index is 0.363. The number of hydrogen-bond acceptors (Lipinski definition) is 8. The Balaban J connectivity index is 1.28. The molecular formula is C36H50O8. The molecule has 2 fully saturated rings. The average Bonchev–Trinajstić information content (AvgIpc) is 3.48. The van der Waals surface area contributed by atoms with Crippen molar-refractivity contribution in [2.75, 3.05) is 0 Å². The lowest BCUT2D eigenvalue weighted by Gasteiger charge is -2.28. The Labute approximate surface area is 262 Å². The fourth-order valence-electron chi connectivity index (χ4n) is 6.01. The van der Waals surface area contributed by atoms with Gasteiger partial charge >= 0.3 is 11.9 Å². The van der Waals surface area contributed by atoms with Gasteiger partial charge in [0.05, 0.1) is 12.2 Å². The zero-order chi connectivity index (χ0) is 31.5. The number of rotatable bonds is 15. The van der Waals surface area contributed by atoms with Crippen LogP contribution in [0.15, 0.2) is 48.5 Å². The molecule has 242 valence electrons. The van der Waals surface area contributed by atoms with Crippen molar-refractivity contribution in [3.8, 4) is 11.1 Å². The van der Waals surface area contributed by atoms with Crippen molar-refractivity contribution >= 4 is 11.9 Å². The first-order chi connectivity index (χ1) is 21.2. The quantitative estimate of drug-likeness (QED) is 0.113. The van der Waals surface area contributed by atoms with E-state index in [-0.39, 0.29) is 12.2 Å². The Hall–Kier alpha value is -2.78. The highest BCUT2D eigenvalue weighted by Gasteiger charge is 2.49. The van der Waals surface area contributed by atoms with Gasteiger partial charge in [0.15, 0.2) is 18.5 Å². The van der Waals surface area contributed by atoms with Gasteiger partial charge in [-0.05, 0) is 69.1 Å². The van der Waals surface area contributed by atoms with E-state index >= 15 is 0 Å². The van der Waals surface area contributed by atoms with E-state index in [4.69, 9.17) is 29.0 Å². The number of carbonyl (C=O) groups is 2. The van der Waals surface area contributed by atoms with E-state index in [2.05, 4.69) is 31.2 Å². The molecule has 1 heterocycles. The Kier molecular flexibility index (Phi) is 13.2. The molecule has 0 amide bonds. The van der Waals surface area contributed by atoms with Gasteiger partial charge in [0.2, 0.25) is 0 Å². The average molecular weight is 611 g/mol. The van der Waals surface area contributed by atoms with E-state index in [0.29, 0.717) is 5.56 Å². The van der Waals surface area contributed by atoms with Crippen molar-refractivity contribution in [1.29, 1.82) is 0 Å². The van der Waals surface area contributed by atoms with E-state index in [1.54, 1.807) is 27.7 Å². The molecule has 8 nitrogen and oxygen atoms in total. The van der Waals surface area contributed by atoms with E-state index in [9.17, 15) is 9.59 Å². The maximum atomic E-state index is 12.6. The predicted molar refractivity (Wildman–Crippen MR) is 167 cm³/mol. The van der Waals surface area contributed by atoms with Gasteiger partial charge < -0.3 is 9.47 Å². The highest BCUT2D eigenvalue weighted by molar-refractivity contribution is 5.85. The third-order valence-electron chi connectivity index (χ3n) is 8.39. The largest absolute Gasteiger partial charge is 0.374 e. The van der Waals surface area contributed by atoms with Crippen LogP contribution in [0.4, 0.5) is 0 Å². The van der Waals surface area contributed by atoms with Crippen molar-refractivity contribution in [3.05, 3.63) is 59.7 Å². The maximum absolute atomic E-state index is 12.6. The predicted octanol–water partition coefficient (Wildman–Crippen LogP) is 8.22. The van der Waals surface area contributed by atoms with Crippen molar-refractivity contribution in [2.24, 2.45) is 11.8 Å². The lowest BCUT2D eigenvalue weighted by atomic mass is 9.78. The van der Waals surface area contributed by atoms with Crippen molar-refractivity contribution < 1.29 is 38.6 Å². The number of ether oxygens (including phenoxy) is 2. The molecule has 4 rings (SSSR count).